The number of anilines is 3. The lowest BCUT2D eigenvalue weighted by Gasteiger charge is -2.22. The first kappa shape index (κ1) is 19.4. The Bertz CT molecular complexity index is 1170. The standard InChI is InChI=1S/C24H24N4O3/c1-15-18(13-26-31-15)10-16-5-6-22-17(9-16)7-8-27(22)24(30)19-11-23(29)28(14-19)21-4-2-3-20(25)12-21/h2-6,9,12-13,19H,7-8,10-11,14,25H2,1H3. The van der Waals surface area contributed by atoms with Gasteiger partial charge in [0.05, 0.1) is 12.1 Å². The molecule has 3 aromatic rings. The molecule has 2 amide bonds. The quantitative estimate of drug-likeness (QED) is 0.660. The molecule has 1 unspecified atom stereocenters. The van der Waals surface area contributed by atoms with Gasteiger partial charge in [0.2, 0.25) is 11.8 Å². The van der Waals surface area contributed by atoms with Gasteiger partial charge in [0.25, 0.3) is 0 Å². The molecule has 7 heteroatoms. The minimum Gasteiger partial charge on any atom is -0.399 e. The maximum Gasteiger partial charge on any atom is 0.232 e. The van der Waals surface area contributed by atoms with E-state index in [2.05, 4.69) is 17.3 Å². The molecule has 0 bridgehead atoms. The molecule has 2 aliphatic heterocycles. The molecular formula is C24H24N4O3. The fourth-order valence-corrected chi connectivity index (χ4v) is 4.54. The first-order valence-electron chi connectivity index (χ1n) is 10.5. The van der Waals surface area contributed by atoms with Gasteiger partial charge >= 0.3 is 0 Å². The van der Waals surface area contributed by atoms with E-state index >= 15 is 0 Å². The van der Waals surface area contributed by atoms with Gasteiger partial charge in [0.1, 0.15) is 5.76 Å². The average molecular weight is 416 g/mol. The number of hydrogen-bond acceptors (Lipinski definition) is 5. The Morgan fingerprint density at radius 3 is 2.90 bits per heavy atom. The van der Waals surface area contributed by atoms with Crippen molar-refractivity contribution in [3.05, 3.63) is 71.1 Å². The monoisotopic (exact) mass is 416 g/mol. The smallest absolute Gasteiger partial charge is 0.232 e. The van der Waals surface area contributed by atoms with E-state index in [4.69, 9.17) is 10.3 Å². The average Bonchev–Trinajstić information content (AvgIpc) is 3.46. The zero-order chi connectivity index (χ0) is 21.5. The van der Waals surface area contributed by atoms with Crippen molar-refractivity contribution in [3.8, 4) is 0 Å². The highest BCUT2D eigenvalue weighted by molar-refractivity contribution is 6.05. The summed E-state index contributed by atoms with van der Waals surface area (Å²) in [6.45, 7) is 2.94. The molecular weight excluding hydrogens is 392 g/mol. The largest absolute Gasteiger partial charge is 0.399 e. The van der Waals surface area contributed by atoms with E-state index < -0.39 is 0 Å². The van der Waals surface area contributed by atoms with Crippen LogP contribution in [0, 0.1) is 12.8 Å². The van der Waals surface area contributed by atoms with Gasteiger partial charge in [-0.25, -0.2) is 0 Å². The first-order valence-corrected chi connectivity index (χ1v) is 10.5. The van der Waals surface area contributed by atoms with Gasteiger partial charge in [0, 0.05) is 48.6 Å². The van der Waals surface area contributed by atoms with Crippen LogP contribution < -0.4 is 15.5 Å². The van der Waals surface area contributed by atoms with Crippen molar-refractivity contribution in [2.24, 2.45) is 5.92 Å². The SMILES string of the molecule is Cc1oncc1Cc1ccc2c(c1)CCN2C(=O)C1CC(=O)N(c2cccc(N)c2)C1. The fraction of sp³-hybridized carbons (Fsp3) is 0.292. The van der Waals surface area contributed by atoms with Gasteiger partial charge in [-0.3, -0.25) is 9.59 Å². The third-order valence-corrected chi connectivity index (χ3v) is 6.21. The van der Waals surface area contributed by atoms with Crippen molar-refractivity contribution in [2.45, 2.75) is 26.2 Å². The molecule has 0 radical (unpaired) electrons. The first-order chi connectivity index (χ1) is 15.0. The number of rotatable bonds is 4. The van der Waals surface area contributed by atoms with Gasteiger partial charge in [-0.2, -0.15) is 0 Å². The van der Waals surface area contributed by atoms with Crippen molar-refractivity contribution in [1.29, 1.82) is 0 Å². The van der Waals surface area contributed by atoms with Crippen LogP contribution in [0.4, 0.5) is 17.1 Å². The fourth-order valence-electron chi connectivity index (χ4n) is 4.54. The molecule has 1 saturated heterocycles. The maximum absolute atomic E-state index is 13.3. The van der Waals surface area contributed by atoms with E-state index in [1.807, 2.05) is 30.0 Å². The van der Waals surface area contributed by atoms with E-state index in [0.29, 0.717) is 18.8 Å². The molecule has 0 spiro atoms. The molecule has 31 heavy (non-hydrogen) atoms. The van der Waals surface area contributed by atoms with E-state index in [9.17, 15) is 9.59 Å². The number of aromatic nitrogens is 1. The predicted molar refractivity (Wildman–Crippen MR) is 118 cm³/mol. The molecule has 0 aliphatic carbocycles. The third-order valence-electron chi connectivity index (χ3n) is 6.21. The van der Waals surface area contributed by atoms with Crippen molar-refractivity contribution in [2.75, 3.05) is 28.6 Å². The topological polar surface area (TPSA) is 92.7 Å². The van der Waals surface area contributed by atoms with Gasteiger partial charge in [-0.05, 0) is 48.7 Å². The highest BCUT2D eigenvalue weighted by Gasteiger charge is 2.39. The molecule has 158 valence electrons. The zero-order valence-corrected chi connectivity index (χ0v) is 17.4. The summed E-state index contributed by atoms with van der Waals surface area (Å²) in [6, 6.07) is 13.5. The lowest BCUT2D eigenvalue weighted by Crippen LogP contribution is -2.36. The Kier molecular flexibility index (Phi) is 4.73. The highest BCUT2D eigenvalue weighted by atomic mass is 16.5. The Morgan fingerprint density at radius 2 is 2.13 bits per heavy atom. The third kappa shape index (κ3) is 3.56. The second kappa shape index (κ2) is 7.58. The molecule has 2 N–H and O–H groups in total. The summed E-state index contributed by atoms with van der Waals surface area (Å²) >= 11 is 0. The molecule has 2 aliphatic rings. The van der Waals surface area contributed by atoms with Crippen molar-refractivity contribution in [3.63, 3.8) is 0 Å². The lowest BCUT2D eigenvalue weighted by molar-refractivity contribution is -0.124. The van der Waals surface area contributed by atoms with Crippen LogP contribution in [0.2, 0.25) is 0 Å². The molecule has 1 aromatic heterocycles. The Labute approximate surface area is 180 Å². The summed E-state index contributed by atoms with van der Waals surface area (Å²) in [5, 5.41) is 3.84. The van der Waals surface area contributed by atoms with Crippen LogP contribution in [-0.2, 0) is 22.4 Å². The van der Waals surface area contributed by atoms with Crippen molar-refractivity contribution >= 4 is 28.9 Å². The molecule has 7 nitrogen and oxygen atoms in total. The zero-order valence-electron chi connectivity index (χ0n) is 17.4. The number of nitrogens with two attached hydrogens (primary N) is 1. The maximum atomic E-state index is 13.3. The number of hydrogen-bond donors (Lipinski definition) is 1. The van der Waals surface area contributed by atoms with Crippen LogP contribution in [0.1, 0.15) is 28.9 Å². The summed E-state index contributed by atoms with van der Waals surface area (Å²) in [4.78, 5) is 29.4. The minimum atomic E-state index is -0.348. The van der Waals surface area contributed by atoms with Crippen LogP contribution >= 0.6 is 0 Å². The van der Waals surface area contributed by atoms with Crippen molar-refractivity contribution < 1.29 is 14.1 Å². The van der Waals surface area contributed by atoms with E-state index in [1.165, 1.54) is 5.56 Å². The summed E-state index contributed by atoms with van der Waals surface area (Å²) in [5.74, 6) is 0.455. The second-order valence-electron chi connectivity index (χ2n) is 8.29. The molecule has 5 rings (SSSR count). The van der Waals surface area contributed by atoms with E-state index in [-0.39, 0.29) is 24.2 Å². The van der Waals surface area contributed by atoms with Gasteiger partial charge in [-0.1, -0.05) is 23.4 Å². The lowest BCUT2D eigenvalue weighted by atomic mass is 10.0. The van der Waals surface area contributed by atoms with Crippen LogP contribution in [0.3, 0.4) is 0 Å². The number of nitrogens with zero attached hydrogens (tertiary/aromatic N) is 3. The Morgan fingerprint density at radius 1 is 1.26 bits per heavy atom. The van der Waals surface area contributed by atoms with Crippen LogP contribution in [0.5, 0.6) is 0 Å². The van der Waals surface area contributed by atoms with Crippen LogP contribution in [0.15, 0.2) is 53.2 Å². The summed E-state index contributed by atoms with van der Waals surface area (Å²) in [6.07, 6.45) is 3.55. The Balaban J connectivity index is 1.31. The Hall–Kier alpha value is -3.61. The highest BCUT2D eigenvalue weighted by Crippen LogP contribution is 2.34. The number of carbonyl (C=O) groups excluding carboxylic acids is 2. The second-order valence-corrected chi connectivity index (χ2v) is 8.29. The van der Waals surface area contributed by atoms with Crippen LogP contribution in [-0.4, -0.2) is 30.1 Å². The molecule has 0 saturated carbocycles. The normalized spacial score (nSPS) is 18.0. The molecule has 2 aromatic carbocycles. The molecule has 3 heterocycles. The van der Waals surface area contributed by atoms with Crippen LogP contribution in [0.25, 0.3) is 0 Å². The number of carbonyl (C=O) groups is 2. The number of fused-ring (bicyclic) bond motifs is 1. The van der Waals surface area contributed by atoms with Crippen molar-refractivity contribution in [1.82, 2.24) is 5.16 Å². The summed E-state index contributed by atoms with van der Waals surface area (Å²) < 4.78 is 5.15. The number of amides is 2. The minimum absolute atomic E-state index is 0.0149. The van der Waals surface area contributed by atoms with Gasteiger partial charge < -0.3 is 20.1 Å². The number of benzene rings is 2. The molecule has 1 fully saturated rings. The van der Waals surface area contributed by atoms with Gasteiger partial charge in [0.15, 0.2) is 0 Å². The van der Waals surface area contributed by atoms with E-state index in [1.54, 1.807) is 23.2 Å². The molecule has 1 atom stereocenters. The predicted octanol–water partition coefficient (Wildman–Crippen LogP) is 3.10. The summed E-state index contributed by atoms with van der Waals surface area (Å²) in [7, 11) is 0. The van der Waals surface area contributed by atoms with E-state index in [0.717, 1.165) is 41.1 Å². The summed E-state index contributed by atoms with van der Waals surface area (Å²) in [5.41, 5.74) is 11.6. The number of nitrogen functional groups attached to an aromatic ring is 1. The number of aryl methyl sites for hydroxylation is 1. The van der Waals surface area contributed by atoms with Gasteiger partial charge in [-0.15, -0.1) is 0 Å².